The molecular formula is C11H9ClN2O2S. The number of halogens is 1. The van der Waals surface area contributed by atoms with Gasteiger partial charge in [-0.25, -0.2) is 0 Å². The summed E-state index contributed by atoms with van der Waals surface area (Å²) in [5.41, 5.74) is 1.04. The van der Waals surface area contributed by atoms with Crippen LogP contribution in [0.4, 0.5) is 0 Å². The van der Waals surface area contributed by atoms with Crippen LogP contribution in [0, 0.1) is 0 Å². The molecule has 0 fully saturated rings. The fourth-order valence-corrected chi connectivity index (χ4v) is 1.69. The summed E-state index contributed by atoms with van der Waals surface area (Å²) in [4.78, 5) is 12.5. The Bertz CT molecular complexity index is 528. The van der Waals surface area contributed by atoms with Crippen molar-refractivity contribution in [3.8, 4) is 0 Å². The fourth-order valence-electron chi connectivity index (χ4n) is 1.28. The Hall–Kier alpha value is -1.46. The number of carbonyl (C=O) groups is 1. The molecule has 0 unspecified atom stereocenters. The van der Waals surface area contributed by atoms with E-state index in [1.165, 1.54) is 6.26 Å². The lowest BCUT2D eigenvalue weighted by Gasteiger charge is -2.05. The van der Waals surface area contributed by atoms with Crippen molar-refractivity contribution in [3.63, 3.8) is 0 Å². The lowest BCUT2D eigenvalue weighted by molar-refractivity contribution is 0.0950. The third kappa shape index (κ3) is 3.01. The molecule has 2 rings (SSSR count). The van der Waals surface area contributed by atoms with Crippen LogP contribution in [0.5, 0.6) is 0 Å². The molecule has 0 saturated heterocycles. The van der Waals surface area contributed by atoms with Gasteiger partial charge in [-0.1, -0.05) is 16.8 Å². The molecule has 0 bridgehead atoms. The maximum Gasteiger partial charge on any atom is 0.253 e. The molecule has 0 aliphatic rings. The van der Waals surface area contributed by atoms with Crippen molar-refractivity contribution in [1.29, 1.82) is 0 Å². The Morgan fingerprint density at radius 1 is 1.47 bits per heavy atom. The van der Waals surface area contributed by atoms with Gasteiger partial charge in [0.2, 0.25) is 0 Å². The number of hydrogen-bond acceptors (Lipinski definition) is 4. The molecule has 1 N–H and O–H groups in total. The molecule has 2 aromatic rings. The highest BCUT2D eigenvalue weighted by molar-refractivity contribution is 7.80. The van der Waals surface area contributed by atoms with E-state index < -0.39 is 0 Å². The van der Waals surface area contributed by atoms with Crippen molar-refractivity contribution in [2.45, 2.75) is 11.4 Å². The molecule has 88 valence electrons. The molecule has 0 aliphatic heterocycles. The topological polar surface area (TPSA) is 55.1 Å². The first-order valence-electron chi connectivity index (χ1n) is 4.83. The second kappa shape index (κ2) is 5.25. The normalized spacial score (nSPS) is 10.2. The Morgan fingerprint density at radius 3 is 3.00 bits per heavy atom. The predicted octanol–water partition coefficient (Wildman–Crippen LogP) is 2.55. The fraction of sp³-hybridized carbons (Fsp3) is 0.0909. The van der Waals surface area contributed by atoms with E-state index in [2.05, 4.69) is 27.6 Å². The number of hydrogen-bond donors (Lipinski definition) is 2. The summed E-state index contributed by atoms with van der Waals surface area (Å²) >= 11 is 10.1. The minimum absolute atomic E-state index is 0.270. The zero-order valence-corrected chi connectivity index (χ0v) is 10.3. The van der Waals surface area contributed by atoms with Crippen LogP contribution in [0.1, 0.15) is 16.1 Å². The molecule has 1 amide bonds. The first kappa shape index (κ1) is 12.0. The van der Waals surface area contributed by atoms with Gasteiger partial charge in [0.25, 0.3) is 5.91 Å². The maximum atomic E-state index is 11.8. The van der Waals surface area contributed by atoms with Crippen molar-refractivity contribution >= 4 is 30.1 Å². The molecule has 0 radical (unpaired) electrons. The van der Waals surface area contributed by atoms with E-state index in [-0.39, 0.29) is 5.91 Å². The molecule has 0 spiro atoms. The molecule has 4 nitrogen and oxygen atoms in total. The number of thiol groups is 1. The van der Waals surface area contributed by atoms with E-state index in [1.807, 2.05) is 0 Å². The van der Waals surface area contributed by atoms with Crippen LogP contribution in [0.3, 0.4) is 0 Å². The lowest BCUT2D eigenvalue weighted by atomic mass is 10.2. The summed E-state index contributed by atoms with van der Waals surface area (Å²) in [6, 6.07) is 6.65. The van der Waals surface area contributed by atoms with Crippen molar-refractivity contribution in [1.82, 2.24) is 10.5 Å². The van der Waals surface area contributed by atoms with E-state index in [4.69, 9.17) is 11.6 Å². The molecule has 0 saturated carbocycles. The van der Waals surface area contributed by atoms with Crippen molar-refractivity contribution < 1.29 is 9.32 Å². The van der Waals surface area contributed by atoms with Crippen LogP contribution in [0.15, 0.2) is 39.9 Å². The average molecular weight is 269 g/mol. The van der Waals surface area contributed by atoms with Crippen molar-refractivity contribution in [2.24, 2.45) is 0 Å². The zero-order valence-electron chi connectivity index (χ0n) is 8.68. The van der Waals surface area contributed by atoms with Crippen molar-refractivity contribution in [3.05, 3.63) is 46.8 Å². The summed E-state index contributed by atoms with van der Waals surface area (Å²) in [5.74, 6) is -0.270. The van der Waals surface area contributed by atoms with E-state index in [0.29, 0.717) is 27.7 Å². The van der Waals surface area contributed by atoms with Crippen LogP contribution in [-0.4, -0.2) is 11.1 Å². The highest BCUT2D eigenvalue weighted by Gasteiger charge is 2.10. The molecule has 0 atom stereocenters. The SMILES string of the molecule is O=C(NCc1ccon1)c1cc(S)ccc1Cl. The number of benzene rings is 1. The van der Waals surface area contributed by atoms with Gasteiger partial charge in [-0.15, -0.1) is 12.6 Å². The Balaban J connectivity index is 2.07. The van der Waals surface area contributed by atoms with Gasteiger partial charge in [-0.2, -0.15) is 0 Å². The van der Waals surface area contributed by atoms with Gasteiger partial charge in [0.05, 0.1) is 17.1 Å². The van der Waals surface area contributed by atoms with Crippen LogP contribution >= 0.6 is 24.2 Å². The number of carbonyl (C=O) groups excluding carboxylic acids is 1. The third-order valence-corrected chi connectivity index (χ3v) is 2.72. The van der Waals surface area contributed by atoms with Gasteiger partial charge < -0.3 is 9.84 Å². The summed E-state index contributed by atoms with van der Waals surface area (Å²) < 4.78 is 4.66. The van der Waals surface area contributed by atoms with Gasteiger partial charge in [0.1, 0.15) is 12.0 Å². The largest absolute Gasteiger partial charge is 0.364 e. The highest BCUT2D eigenvalue weighted by atomic mass is 35.5. The Kier molecular flexibility index (Phi) is 3.71. The summed E-state index contributed by atoms with van der Waals surface area (Å²) in [7, 11) is 0. The quantitative estimate of drug-likeness (QED) is 0.841. The molecular weight excluding hydrogens is 260 g/mol. The molecule has 1 aromatic heterocycles. The average Bonchev–Trinajstić information content (AvgIpc) is 2.82. The van der Waals surface area contributed by atoms with Gasteiger partial charge in [-0.3, -0.25) is 4.79 Å². The van der Waals surface area contributed by atoms with Gasteiger partial charge in [0.15, 0.2) is 0 Å². The van der Waals surface area contributed by atoms with E-state index in [0.717, 1.165) is 0 Å². The maximum absolute atomic E-state index is 11.8. The van der Waals surface area contributed by atoms with Crippen molar-refractivity contribution in [2.75, 3.05) is 0 Å². The monoisotopic (exact) mass is 268 g/mol. The predicted molar refractivity (Wildman–Crippen MR) is 66.4 cm³/mol. The minimum Gasteiger partial charge on any atom is -0.364 e. The lowest BCUT2D eigenvalue weighted by Crippen LogP contribution is -2.23. The highest BCUT2D eigenvalue weighted by Crippen LogP contribution is 2.19. The summed E-state index contributed by atoms with van der Waals surface area (Å²) in [6.45, 7) is 0.294. The van der Waals surface area contributed by atoms with Gasteiger partial charge in [-0.05, 0) is 18.2 Å². The van der Waals surface area contributed by atoms with Crippen LogP contribution < -0.4 is 5.32 Å². The minimum atomic E-state index is -0.270. The smallest absolute Gasteiger partial charge is 0.253 e. The molecule has 1 heterocycles. The number of amides is 1. The first-order chi connectivity index (χ1) is 8.16. The van der Waals surface area contributed by atoms with Crippen LogP contribution in [0.2, 0.25) is 5.02 Å². The molecule has 1 aromatic carbocycles. The molecule has 6 heteroatoms. The Morgan fingerprint density at radius 2 is 2.29 bits per heavy atom. The van der Waals surface area contributed by atoms with Crippen LogP contribution in [0.25, 0.3) is 0 Å². The van der Waals surface area contributed by atoms with E-state index >= 15 is 0 Å². The number of nitrogens with one attached hydrogen (secondary N) is 1. The molecule has 17 heavy (non-hydrogen) atoms. The first-order valence-corrected chi connectivity index (χ1v) is 5.65. The Labute approximate surface area is 108 Å². The second-order valence-corrected chi connectivity index (χ2v) is 4.26. The summed E-state index contributed by atoms with van der Waals surface area (Å²) in [5, 5.41) is 6.76. The number of aromatic nitrogens is 1. The summed E-state index contributed by atoms with van der Waals surface area (Å²) in [6.07, 6.45) is 1.45. The third-order valence-electron chi connectivity index (χ3n) is 2.12. The van der Waals surface area contributed by atoms with Gasteiger partial charge in [0, 0.05) is 11.0 Å². The van der Waals surface area contributed by atoms with E-state index in [1.54, 1.807) is 24.3 Å². The van der Waals surface area contributed by atoms with Gasteiger partial charge >= 0.3 is 0 Å². The zero-order chi connectivity index (χ0) is 12.3. The van der Waals surface area contributed by atoms with E-state index in [9.17, 15) is 4.79 Å². The number of nitrogens with zero attached hydrogens (tertiary/aromatic N) is 1. The second-order valence-electron chi connectivity index (χ2n) is 3.34. The number of rotatable bonds is 3. The molecule has 0 aliphatic carbocycles. The standard InChI is InChI=1S/C11H9ClN2O2S/c12-10-2-1-8(17)5-9(10)11(15)13-6-7-3-4-16-14-7/h1-5,17H,6H2,(H,13,15). The van der Waals surface area contributed by atoms with Crippen LogP contribution in [-0.2, 0) is 6.54 Å².